The zero-order valence-corrected chi connectivity index (χ0v) is 19.1. The lowest BCUT2D eigenvalue weighted by Gasteiger charge is -2.24. The molecule has 0 N–H and O–H groups in total. The maximum atomic E-state index is 14.5. The van der Waals surface area contributed by atoms with Gasteiger partial charge in [0.2, 0.25) is 0 Å². The van der Waals surface area contributed by atoms with Crippen LogP contribution in [0.25, 0.3) is 11.3 Å². The molecule has 0 radical (unpaired) electrons. The third-order valence-corrected chi connectivity index (χ3v) is 6.62. The van der Waals surface area contributed by atoms with Gasteiger partial charge in [-0.05, 0) is 42.0 Å². The molecule has 2 aromatic carbocycles. The van der Waals surface area contributed by atoms with Gasteiger partial charge >= 0.3 is 12.1 Å². The summed E-state index contributed by atoms with van der Waals surface area (Å²) in [4.78, 5) is 4.12. The van der Waals surface area contributed by atoms with Crippen LogP contribution in [0.15, 0.2) is 70.8 Å². The number of rotatable bonds is 5. The maximum absolute atomic E-state index is 14.5. The molecular formula is C23H16F7N3O2S. The van der Waals surface area contributed by atoms with Gasteiger partial charge in [-0.25, -0.2) is 17.2 Å². The summed E-state index contributed by atoms with van der Waals surface area (Å²) < 4.78 is 119. The molecule has 5 nitrogen and oxygen atoms in total. The number of hydrogen-bond acceptors (Lipinski definition) is 5. The van der Waals surface area contributed by atoms with E-state index in [0.29, 0.717) is 16.6 Å². The van der Waals surface area contributed by atoms with Gasteiger partial charge < -0.3 is 0 Å². The fourth-order valence-electron chi connectivity index (χ4n) is 3.71. The van der Waals surface area contributed by atoms with Crippen molar-refractivity contribution < 1.29 is 39.2 Å². The van der Waals surface area contributed by atoms with Crippen LogP contribution in [-0.4, -0.2) is 37.5 Å². The van der Waals surface area contributed by atoms with E-state index in [1.807, 2.05) is 0 Å². The van der Waals surface area contributed by atoms with E-state index < -0.39 is 57.4 Å². The molecule has 1 unspecified atom stereocenters. The van der Waals surface area contributed by atoms with Crippen LogP contribution in [0.5, 0.6) is 0 Å². The lowest BCUT2D eigenvalue weighted by Crippen LogP contribution is -2.43. The fraction of sp³-hybridized carbons (Fsp3) is 0.217. The minimum absolute atomic E-state index is 0.0153. The van der Waals surface area contributed by atoms with Gasteiger partial charge in [0.15, 0.2) is 15.7 Å². The van der Waals surface area contributed by atoms with Crippen LogP contribution in [0.4, 0.5) is 36.4 Å². The Morgan fingerprint density at radius 3 is 2.33 bits per heavy atom. The zero-order chi connectivity index (χ0) is 26.5. The molecule has 0 amide bonds. The first-order valence-corrected chi connectivity index (χ1v) is 12.1. The van der Waals surface area contributed by atoms with Crippen LogP contribution in [0.3, 0.4) is 0 Å². The molecule has 0 saturated heterocycles. The summed E-state index contributed by atoms with van der Waals surface area (Å²) in [5.41, 5.74) is -1.38. The smallest absolute Gasteiger partial charge is 0.256 e. The Morgan fingerprint density at radius 1 is 0.972 bits per heavy atom. The monoisotopic (exact) mass is 531 g/mol. The van der Waals surface area contributed by atoms with Gasteiger partial charge in [-0.15, -0.1) is 0 Å². The SMILES string of the molecule is CS(=O)(=O)c1cccc(-c2cc(C3CC(C(F)(F)C(F)(F)F)=NN3c3ccc(F)cc3F)ccn2)c1. The summed E-state index contributed by atoms with van der Waals surface area (Å²) in [5.74, 6) is -7.49. The van der Waals surface area contributed by atoms with Crippen molar-refractivity contribution >= 4 is 21.2 Å². The van der Waals surface area contributed by atoms with E-state index in [1.165, 1.54) is 42.6 Å². The predicted octanol–water partition coefficient (Wildman–Crippen LogP) is 5.94. The highest BCUT2D eigenvalue weighted by atomic mass is 32.2. The molecule has 3 aromatic rings. The quantitative estimate of drug-likeness (QED) is 0.383. The molecule has 13 heteroatoms. The minimum Gasteiger partial charge on any atom is -0.256 e. The van der Waals surface area contributed by atoms with Crippen molar-refractivity contribution in [3.63, 3.8) is 0 Å². The highest BCUT2D eigenvalue weighted by Gasteiger charge is 2.63. The van der Waals surface area contributed by atoms with Crippen LogP contribution in [-0.2, 0) is 9.84 Å². The summed E-state index contributed by atoms with van der Waals surface area (Å²) in [6, 6.07) is 9.19. The lowest BCUT2D eigenvalue weighted by atomic mass is 9.97. The predicted molar refractivity (Wildman–Crippen MR) is 117 cm³/mol. The number of halogens is 7. The molecule has 190 valence electrons. The molecule has 36 heavy (non-hydrogen) atoms. The van der Waals surface area contributed by atoms with Gasteiger partial charge in [0, 0.05) is 30.5 Å². The standard InChI is InChI=1S/C23H16F7N3O2S/c1-36(34,35)16-4-2-3-13(9-16)18-10-14(7-8-31-18)20-12-21(22(26,27)23(28,29)30)32-33(20)19-6-5-15(24)11-17(19)25/h2-11,20H,12H2,1H3. The molecule has 0 bridgehead atoms. The zero-order valence-electron chi connectivity index (χ0n) is 18.3. The molecule has 2 heterocycles. The first-order chi connectivity index (χ1) is 16.7. The molecule has 4 rings (SSSR count). The molecule has 1 aromatic heterocycles. The second-order valence-electron chi connectivity index (χ2n) is 8.05. The van der Waals surface area contributed by atoms with Crippen molar-refractivity contribution in [3.05, 3.63) is 78.0 Å². The molecule has 0 saturated carbocycles. The van der Waals surface area contributed by atoms with E-state index in [0.717, 1.165) is 18.4 Å². The third-order valence-electron chi connectivity index (χ3n) is 5.51. The summed E-state index contributed by atoms with van der Waals surface area (Å²) in [6.07, 6.45) is -4.61. The van der Waals surface area contributed by atoms with Crippen molar-refractivity contribution in [1.82, 2.24) is 4.98 Å². The molecule has 0 fully saturated rings. The minimum atomic E-state index is -5.94. The first-order valence-electron chi connectivity index (χ1n) is 10.2. The van der Waals surface area contributed by atoms with Crippen molar-refractivity contribution in [2.24, 2.45) is 5.10 Å². The van der Waals surface area contributed by atoms with Gasteiger partial charge in [-0.3, -0.25) is 9.99 Å². The molecule has 1 atom stereocenters. The summed E-state index contributed by atoms with van der Waals surface area (Å²) in [6.45, 7) is 0. The van der Waals surface area contributed by atoms with E-state index in [9.17, 15) is 39.2 Å². The number of sulfone groups is 1. The topological polar surface area (TPSA) is 62.6 Å². The highest BCUT2D eigenvalue weighted by Crippen LogP contribution is 2.45. The number of pyridine rings is 1. The Labute approximate surface area is 200 Å². The average molecular weight is 531 g/mol. The Balaban J connectivity index is 1.81. The number of anilines is 1. The van der Waals surface area contributed by atoms with E-state index in [-0.39, 0.29) is 16.2 Å². The Morgan fingerprint density at radius 2 is 1.69 bits per heavy atom. The van der Waals surface area contributed by atoms with Gasteiger partial charge in [0.25, 0.3) is 0 Å². The van der Waals surface area contributed by atoms with Crippen LogP contribution in [0, 0.1) is 11.6 Å². The number of aromatic nitrogens is 1. The van der Waals surface area contributed by atoms with Gasteiger partial charge in [-0.1, -0.05) is 12.1 Å². The van der Waals surface area contributed by atoms with E-state index >= 15 is 0 Å². The Bertz CT molecular complexity index is 1460. The van der Waals surface area contributed by atoms with E-state index in [2.05, 4.69) is 10.1 Å². The van der Waals surface area contributed by atoms with Crippen LogP contribution in [0.1, 0.15) is 18.0 Å². The van der Waals surface area contributed by atoms with Crippen LogP contribution < -0.4 is 5.01 Å². The number of benzene rings is 2. The average Bonchev–Trinajstić information content (AvgIpc) is 3.24. The summed E-state index contributed by atoms with van der Waals surface area (Å²) in [7, 11) is -3.57. The van der Waals surface area contributed by atoms with Crippen molar-refractivity contribution in [3.8, 4) is 11.3 Å². The van der Waals surface area contributed by atoms with Gasteiger partial charge in [0.05, 0.1) is 22.3 Å². The second kappa shape index (κ2) is 8.87. The molecule has 1 aliphatic rings. The third kappa shape index (κ3) is 4.79. The molecule has 0 spiro atoms. The van der Waals surface area contributed by atoms with E-state index in [4.69, 9.17) is 0 Å². The summed E-state index contributed by atoms with van der Waals surface area (Å²) in [5, 5.41) is 4.06. The van der Waals surface area contributed by atoms with Crippen molar-refractivity contribution in [2.75, 3.05) is 11.3 Å². The van der Waals surface area contributed by atoms with E-state index in [1.54, 1.807) is 0 Å². The van der Waals surface area contributed by atoms with Gasteiger partial charge in [-0.2, -0.15) is 27.1 Å². The number of hydrazone groups is 1. The Hall–Kier alpha value is -3.48. The first kappa shape index (κ1) is 25.6. The van der Waals surface area contributed by atoms with Crippen molar-refractivity contribution in [1.29, 1.82) is 0 Å². The number of alkyl halides is 5. The maximum Gasteiger partial charge on any atom is 0.459 e. The number of nitrogens with zero attached hydrogens (tertiary/aromatic N) is 3. The van der Waals surface area contributed by atoms with Crippen molar-refractivity contribution in [2.45, 2.75) is 29.5 Å². The molecule has 0 aliphatic carbocycles. The highest BCUT2D eigenvalue weighted by molar-refractivity contribution is 7.90. The van der Waals surface area contributed by atoms with Crippen LogP contribution >= 0.6 is 0 Å². The van der Waals surface area contributed by atoms with Gasteiger partial charge in [0.1, 0.15) is 11.5 Å². The largest absolute Gasteiger partial charge is 0.459 e. The molecular weight excluding hydrogens is 515 g/mol. The van der Waals surface area contributed by atoms with Crippen LogP contribution in [0.2, 0.25) is 0 Å². The molecule has 1 aliphatic heterocycles. The normalized spacial score (nSPS) is 16.8. The lowest BCUT2D eigenvalue weighted by molar-refractivity contribution is -0.249. The summed E-state index contributed by atoms with van der Waals surface area (Å²) >= 11 is 0. The number of hydrogen-bond donors (Lipinski definition) is 0. The second-order valence-corrected chi connectivity index (χ2v) is 10.1. The Kier molecular flexibility index (Phi) is 6.31. The fourth-order valence-corrected chi connectivity index (χ4v) is 4.38.